The third-order valence-electron chi connectivity index (χ3n) is 3.33. The molecule has 0 radical (unpaired) electrons. The number of halogens is 1. The number of carbonyl (C=O) groups excluding carboxylic acids is 1. The molecule has 16 heavy (non-hydrogen) atoms. The van der Waals surface area contributed by atoms with E-state index >= 15 is 0 Å². The van der Waals surface area contributed by atoms with E-state index in [2.05, 4.69) is 5.32 Å². The molecule has 2 nitrogen and oxygen atoms in total. The number of benzene rings is 1. The highest BCUT2D eigenvalue weighted by Gasteiger charge is 2.40. The van der Waals surface area contributed by atoms with Gasteiger partial charge in [0.2, 0.25) is 5.91 Å². The first-order valence-electron chi connectivity index (χ1n) is 5.47. The molecule has 1 fully saturated rings. The molecule has 0 bridgehead atoms. The van der Waals surface area contributed by atoms with E-state index in [1.54, 1.807) is 6.07 Å². The zero-order valence-corrected chi connectivity index (χ0v) is 9.80. The summed E-state index contributed by atoms with van der Waals surface area (Å²) in [6.45, 7) is 5.90. The average Bonchev–Trinajstić information content (AvgIpc) is 2.39. The van der Waals surface area contributed by atoms with E-state index in [0.717, 1.165) is 11.1 Å². The molecular weight excluding hydrogens is 205 g/mol. The minimum absolute atomic E-state index is 0.0683. The van der Waals surface area contributed by atoms with Crippen molar-refractivity contribution in [2.75, 3.05) is 0 Å². The summed E-state index contributed by atoms with van der Waals surface area (Å²) in [5, 5.41) is 2.95. The van der Waals surface area contributed by atoms with Crippen LogP contribution in [-0.4, -0.2) is 11.4 Å². The largest absolute Gasteiger partial charge is 0.351 e. The molecule has 1 aliphatic rings. The third kappa shape index (κ3) is 1.82. The minimum Gasteiger partial charge on any atom is -0.351 e. The van der Waals surface area contributed by atoms with Crippen LogP contribution in [-0.2, 0) is 4.79 Å². The number of hydrogen-bond donors (Lipinski definition) is 1. The van der Waals surface area contributed by atoms with Gasteiger partial charge in [-0.15, -0.1) is 0 Å². The monoisotopic (exact) mass is 221 g/mol. The van der Waals surface area contributed by atoms with Gasteiger partial charge in [0.25, 0.3) is 0 Å². The maximum absolute atomic E-state index is 13.0. The molecule has 1 aromatic rings. The maximum atomic E-state index is 13.0. The molecule has 2 rings (SSSR count). The van der Waals surface area contributed by atoms with E-state index in [1.807, 2.05) is 20.8 Å². The van der Waals surface area contributed by atoms with Crippen molar-refractivity contribution >= 4 is 5.91 Å². The van der Waals surface area contributed by atoms with Crippen molar-refractivity contribution in [3.63, 3.8) is 0 Å². The van der Waals surface area contributed by atoms with Crippen LogP contribution >= 0.6 is 0 Å². The first-order chi connectivity index (χ1) is 7.40. The van der Waals surface area contributed by atoms with Gasteiger partial charge in [0.1, 0.15) is 5.82 Å². The molecule has 1 amide bonds. The normalized spacial score (nSPS) is 23.2. The van der Waals surface area contributed by atoms with Crippen LogP contribution in [0.15, 0.2) is 18.2 Å². The minimum atomic E-state index is -0.250. The van der Waals surface area contributed by atoms with Crippen LogP contribution in [0.5, 0.6) is 0 Å². The quantitative estimate of drug-likeness (QED) is 0.775. The van der Waals surface area contributed by atoms with Crippen molar-refractivity contribution in [2.45, 2.75) is 38.6 Å². The van der Waals surface area contributed by atoms with E-state index < -0.39 is 0 Å². The third-order valence-corrected chi connectivity index (χ3v) is 3.33. The number of hydrogen-bond acceptors (Lipinski definition) is 1. The van der Waals surface area contributed by atoms with Gasteiger partial charge >= 0.3 is 0 Å². The first-order valence-corrected chi connectivity index (χ1v) is 5.47. The molecule has 3 heteroatoms. The molecule has 0 aromatic heterocycles. The molecule has 1 N–H and O–H groups in total. The summed E-state index contributed by atoms with van der Waals surface area (Å²) >= 11 is 0. The fourth-order valence-electron chi connectivity index (χ4n) is 2.47. The molecule has 0 spiro atoms. The fourth-order valence-corrected chi connectivity index (χ4v) is 2.47. The van der Waals surface area contributed by atoms with E-state index in [1.165, 1.54) is 12.1 Å². The Morgan fingerprint density at radius 1 is 1.44 bits per heavy atom. The topological polar surface area (TPSA) is 29.1 Å². The average molecular weight is 221 g/mol. The Hall–Kier alpha value is -1.38. The smallest absolute Gasteiger partial charge is 0.221 e. The molecule has 0 saturated carbocycles. The Morgan fingerprint density at radius 3 is 2.62 bits per heavy atom. The predicted octanol–water partition coefficient (Wildman–Crippen LogP) is 2.52. The van der Waals surface area contributed by atoms with E-state index in [4.69, 9.17) is 0 Å². The number of rotatable bonds is 1. The fraction of sp³-hybridized carbons (Fsp3) is 0.462. The summed E-state index contributed by atoms with van der Waals surface area (Å²) < 4.78 is 13.0. The summed E-state index contributed by atoms with van der Waals surface area (Å²) in [6, 6.07) is 4.77. The Bertz CT molecular complexity index is 440. The van der Waals surface area contributed by atoms with Gasteiger partial charge in [0.05, 0.1) is 0 Å². The van der Waals surface area contributed by atoms with Gasteiger partial charge in [0.15, 0.2) is 0 Å². The lowest BCUT2D eigenvalue weighted by atomic mass is 9.81. The van der Waals surface area contributed by atoms with Crippen molar-refractivity contribution in [2.24, 2.45) is 0 Å². The van der Waals surface area contributed by atoms with Crippen molar-refractivity contribution in [3.05, 3.63) is 35.1 Å². The van der Waals surface area contributed by atoms with Crippen LogP contribution in [0.2, 0.25) is 0 Å². The first kappa shape index (κ1) is 11.1. The van der Waals surface area contributed by atoms with Crippen LogP contribution in [0.1, 0.15) is 37.3 Å². The molecule has 1 unspecified atom stereocenters. The molecule has 1 atom stereocenters. The predicted molar refractivity (Wildman–Crippen MR) is 60.7 cm³/mol. The van der Waals surface area contributed by atoms with Gasteiger partial charge in [0, 0.05) is 17.9 Å². The van der Waals surface area contributed by atoms with Gasteiger partial charge in [-0.3, -0.25) is 4.79 Å². The van der Waals surface area contributed by atoms with E-state index in [0.29, 0.717) is 6.42 Å². The number of amides is 1. The number of nitrogens with one attached hydrogen (secondary N) is 1. The summed E-state index contributed by atoms with van der Waals surface area (Å²) in [4.78, 5) is 11.4. The Morgan fingerprint density at radius 2 is 2.12 bits per heavy atom. The van der Waals surface area contributed by atoms with Gasteiger partial charge in [-0.1, -0.05) is 6.07 Å². The molecule has 1 saturated heterocycles. The van der Waals surface area contributed by atoms with Gasteiger partial charge in [-0.05, 0) is 44.0 Å². The van der Waals surface area contributed by atoms with Crippen LogP contribution in [0.4, 0.5) is 4.39 Å². The molecule has 1 heterocycles. The Kier molecular flexibility index (Phi) is 2.49. The summed E-state index contributed by atoms with van der Waals surface area (Å²) in [5.41, 5.74) is 1.72. The number of carbonyl (C=O) groups is 1. The second-order valence-corrected chi connectivity index (χ2v) is 5.03. The van der Waals surface area contributed by atoms with E-state index in [-0.39, 0.29) is 23.2 Å². The molecule has 1 aliphatic heterocycles. The maximum Gasteiger partial charge on any atom is 0.221 e. The highest BCUT2D eigenvalue weighted by molar-refractivity contribution is 5.81. The highest BCUT2D eigenvalue weighted by Crippen LogP contribution is 2.37. The lowest BCUT2D eigenvalue weighted by Crippen LogP contribution is -2.38. The van der Waals surface area contributed by atoms with Crippen LogP contribution in [0, 0.1) is 12.7 Å². The number of aryl methyl sites for hydroxylation is 1. The van der Waals surface area contributed by atoms with Crippen LogP contribution in [0.3, 0.4) is 0 Å². The van der Waals surface area contributed by atoms with Gasteiger partial charge in [-0.25, -0.2) is 4.39 Å². The summed E-state index contributed by atoms with van der Waals surface area (Å²) in [5.74, 6) is -0.0318. The van der Waals surface area contributed by atoms with Crippen molar-refractivity contribution in [1.82, 2.24) is 5.32 Å². The Balaban J connectivity index is 2.41. The van der Waals surface area contributed by atoms with Gasteiger partial charge < -0.3 is 5.32 Å². The summed E-state index contributed by atoms with van der Waals surface area (Å²) in [6.07, 6.45) is 0.486. The second kappa shape index (κ2) is 3.58. The van der Waals surface area contributed by atoms with Crippen LogP contribution in [0.25, 0.3) is 0 Å². The summed E-state index contributed by atoms with van der Waals surface area (Å²) in [7, 11) is 0. The van der Waals surface area contributed by atoms with Gasteiger partial charge in [-0.2, -0.15) is 0 Å². The molecule has 0 aliphatic carbocycles. The van der Waals surface area contributed by atoms with E-state index in [9.17, 15) is 9.18 Å². The SMILES string of the molecule is Cc1cc(F)ccc1C1CC(=O)NC1(C)C. The van der Waals surface area contributed by atoms with Crippen molar-refractivity contribution < 1.29 is 9.18 Å². The Labute approximate surface area is 94.9 Å². The highest BCUT2D eigenvalue weighted by atomic mass is 19.1. The standard InChI is InChI=1S/C13H16FNO/c1-8-6-9(14)4-5-10(8)11-7-12(16)15-13(11,2)3/h4-6,11H,7H2,1-3H3,(H,15,16). The second-order valence-electron chi connectivity index (χ2n) is 5.03. The van der Waals surface area contributed by atoms with Crippen molar-refractivity contribution in [1.29, 1.82) is 0 Å². The zero-order valence-electron chi connectivity index (χ0n) is 9.80. The lowest BCUT2D eigenvalue weighted by Gasteiger charge is -2.27. The molecule has 1 aromatic carbocycles. The van der Waals surface area contributed by atoms with Crippen molar-refractivity contribution in [3.8, 4) is 0 Å². The zero-order chi connectivity index (χ0) is 11.9. The molecule has 86 valence electrons. The lowest BCUT2D eigenvalue weighted by molar-refractivity contribution is -0.119. The van der Waals surface area contributed by atoms with Crippen LogP contribution < -0.4 is 5.32 Å². The molecular formula is C13H16FNO.